The Labute approximate surface area is 150 Å². The van der Waals surface area contributed by atoms with Gasteiger partial charge in [-0.15, -0.1) is 0 Å². The summed E-state index contributed by atoms with van der Waals surface area (Å²) in [5.41, 5.74) is 3.58. The van der Waals surface area contributed by atoms with Gasteiger partial charge in [0.05, 0.1) is 10.6 Å². The van der Waals surface area contributed by atoms with Crippen molar-refractivity contribution in [3.05, 3.63) is 81.6 Å². The maximum Gasteiger partial charge on any atom is 0.345 e. The zero-order valence-corrected chi connectivity index (χ0v) is 14.7. The maximum atomic E-state index is 12.2. The molecule has 1 aromatic heterocycles. The molecule has 2 aromatic carbocycles. The van der Waals surface area contributed by atoms with E-state index in [9.17, 15) is 4.79 Å². The number of halogens is 2. The number of benzene rings is 2. The van der Waals surface area contributed by atoms with Gasteiger partial charge in [-0.2, -0.15) is 0 Å². The largest absolute Gasteiger partial charge is 0.423 e. The smallest absolute Gasteiger partial charge is 0.345 e. The number of hydrogen-bond donors (Lipinski definition) is 0. The number of ether oxygens (including phenoxy) is 1. The highest BCUT2D eigenvalue weighted by Gasteiger charge is 2.13. The topological polar surface area (TPSA) is 31.2 Å². The Kier molecular flexibility index (Phi) is 4.65. The molecular weight excluding hydrogens is 345 g/mol. The molecule has 0 saturated heterocycles. The molecule has 0 bridgehead atoms. The van der Waals surface area contributed by atoms with Gasteiger partial charge in [-0.25, -0.2) is 4.79 Å². The van der Waals surface area contributed by atoms with Crippen molar-refractivity contribution in [2.45, 2.75) is 13.8 Å². The predicted octanol–water partition coefficient (Wildman–Crippen LogP) is 5.62. The summed E-state index contributed by atoms with van der Waals surface area (Å²) >= 11 is 11.9. The molecule has 0 N–H and O–H groups in total. The molecule has 0 aliphatic heterocycles. The van der Waals surface area contributed by atoms with Crippen molar-refractivity contribution in [1.82, 2.24) is 4.57 Å². The molecule has 3 rings (SSSR count). The summed E-state index contributed by atoms with van der Waals surface area (Å²) in [6.45, 7) is 4.09. The van der Waals surface area contributed by atoms with E-state index in [1.165, 1.54) is 6.07 Å². The van der Waals surface area contributed by atoms with Crippen LogP contribution in [0.15, 0.2) is 54.6 Å². The molecule has 3 nitrogen and oxygen atoms in total. The monoisotopic (exact) mass is 359 g/mol. The zero-order chi connectivity index (χ0) is 17.3. The number of carbonyl (C=O) groups excluding carboxylic acids is 1. The first-order chi connectivity index (χ1) is 11.5. The minimum atomic E-state index is -0.516. The second-order valence-electron chi connectivity index (χ2n) is 5.46. The SMILES string of the molecule is Cc1ccc(C)n1-c1ccc(OC(=O)c2ccc(Cl)cc2Cl)cc1. The van der Waals surface area contributed by atoms with E-state index in [1.54, 1.807) is 24.3 Å². The van der Waals surface area contributed by atoms with Crippen molar-refractivity contribution in [3.8, 4) is 11.4 Å². The molecule has 0 fully saturated rings. The number of rotatable bonds is 3. The minimum Gasteiger partial charge on any atom is -0.423 e. The van der Waals surface area contributed by atoms with E-state index in [2.05, 4.69) is 16.7 Å². The lowest BCUT2D eigenvalue weighted by atomic mass is 10.2. The van der Waals surface area contributed by atoms with E-state index < -0.39 is 5.97 Å². The van der Waals surface area contributed by atoms with Gasteiger partial charge in [0.15, 0.2) is 0 Å². The normalized spacial score (nSPS) is 10.7. The summed E-state index contributed by atoms with van der Waals surface area (Å²) in [6, 6.07) is 16.1. The number of esters is 1. The van der Waals surface area contributed by atoms with E-state index in [-0.39, 0.29) is 10.6 Å². The third-order valence-corrected chi connectivity index (χ3v) is 4.28. The van der Waals surface area contributed by atoms with E-state index in [1.807, 2.05) is 26.0 Å². The lowest BCUT2D eigenvalue weighted by molar-refractivity contribution is 0.0735. The quantitative estimate of drug-likeness (QED) is 0.448. The number of hydrogen-bond acceptors (Lipinski definition) is 2. The Hall–Kier alpha value is -2.23. The summed E-state index contributed by atoms with van der Waals surface area (Å²) in [5.74, 6) is -0.0602. The second kappa shape index (κ2) is 6.71. The van der Waals surface area contributed by atoms with Crippen LogP contribution >= 0.6 is 23.2 Å². The van der Waals surface area contributed by atoms with Gasteiger partial charge in [-0.3, -0.25) is 0 Å². The Morgan fingerprint density at radius 1 is 0.917 bits per heavy atom. The molecule has 0 unspecified atom stereocenters. The zero-order valence-electron chi connectivity index (χ0n) is 13.2. The standard InChI is InChI=1S/C19H15Cl2NO2/c1-12-3-4-13(2)22(12)15-6-8-16(9-7-15)24-19(23)17-10-5-14(20)11-18(17)21/h3-11H,1-2H3. The van der Waals surface area contributed by atoms with Crippen LogP contribution in [0.2, 0.25) is 10.0 Å². The summed E-state index contributed by atoms with van der Waals surface area (Å²) in [4.78, 5) is 12.2. The fourth-order valence-corrected chi connectivity index (χ4v) is 3.04. The van der Waals surface area contributed by atoms with Crippen LogP contribution in [-0.2, 0) is 0 Å². The van der Waals surface area contributed by atoms with Crippen molar-refractivity contribution < 1.29 is 9.53 Å². The third kappa shape index (κ3) is 3.32. The van der Waals surface area contributed by atoms with Crippen LogP contribution in [0.25, 0.3) is 5.69 Å². The predicted molar refractivity (Wildman–Crippen MR) is 96.7 cm³/mol. The molecule has 3 aromatic rings. The Morgan fingerprint density at radius 2 is 1.54 bits per heavy atom. The van der Waals surface area contributed by atoms with Crippen LogP contribution in [0.5, 0.6) is 5.75 Å². The maximum absolute atomic E-state index is 12.2. The Balaban J connectivity index is 1.80. The molecule has 0 radical (unpaired) electrons. The van der Waals surface area contributed by atoms with Gasteiger partial charge in [0, 0.05) is 22.1 Å². The molecule has 1 heterocycles. The molecule has 0 saturated carbocycles. The average molecular weight is 360 g/mol. The third-order valence-electron chi connectivity index (χ3n) is 3.73. The number of carbonyl (C=O) groups is 1. The van der Waals surface area contributed by atoms with Crippen molar-refractivity contribution in [2.75, 3.05) is 0 Å². The van der Waals surface area contributed by atoms with E-state index in [0.29, 0.717) is 10.8 Å². The minimum absolute atomic E-state index is 0.266. The number of nitrogens with zero attached hydrogens (tertiary/aromatic N) is 1. The molecule has 122 valence electrons. The van der Waals surface area contributed by atoms with E-state index >= 15 is 0 Å². The highest BCUT2D eigenvalue weighted by atomic mass is 35.5. The summed E-state index contributed by atoms with van der Waals surface area (Å²) < 4.78 is 7.50. The fourth-order valence-electron chi connectivity index (χ4n) is 2.56. The van der Waals surface area contributed by atoms with Crippen LogP contribution in [0, 0.1) is 13.8 Å². The highest BCUT2D eigenvalue weighted by molar-refractivity contribution is 6.36. The molecule has 0 aliphatic rings. The molecular formula is C19H15Cl2NO2. The van der Waals surface area contributed by atoms with Crippen LogP contribution in [0.1, 0.15) is 21.7 Å². The van der Waals surface area contributed by atoms with Gasteiger partial charge in [-0.1, -0.05) is 23.2 Å². The van der Waals surface area contributed by atoms with Gasteiger partial charge in [-0.05, 0) is 68.4 Å². The summed E-state index contributed by atoms with van der Waals surface area (Å²) in [6.07, 6.45) is 0. The number of aromatic nitrogens is 1. The lowest BCUT2D eigenvalue weighted by Crippen LogP contribution is -2.09. The Bertz CT molecular complexity index is 879. The molecule has 0 aliphatic carbocycles. The number of aryl methyl sites for hydroxylation is 2. The van der Waals surface area contributed by atoms with Crippen LogP contribution < -0.4 is 4.74 Å². The molecule has 0 spiro atoms. The summed E-state index contributed by atoms with van der Waals surface area (Å²) in [5, 5.41) is 0.737. The van der Waals surface area contributed by atoms with Crippen LogP contribution in [-0.4, -0.2) is 10.5 Å². The first kappa shape index (κ1) is 16.6. The van der Waals surface area contributed by atoms with E-state index in [0.717, 1.165) is 17.1 Å². The lowest BCUT2D eigenvalue weighted by Gasteiger charge is -2.11. The fraction of sp³-hybridized carbons (Fsp3) is 0.105. The molecule has 0 amide bonds. The van der Waals surface area contributed by atoms with Crippen LogP contribution in [0.3, 0.4) is 0 Å². The van der Waals surface area contributed by atoms with Gasteiger partial charge in [0.1, 0.15) is 5.75 Å². The van der Waals surface area contributed by atoms with Crippen molar-refractivity contribution in [1.29, 1.82) is 0 Å². The first-order valence-electron chi connectivity index (χ1n) is 7.38. The van der Waals surface area contributed by atoms with Gasteiger partial charge < -0.3 is 9.30 Å². The molecule has 5 heteroatoms. The van der Waals surface area contributed by atoms with Crippen LogP contribution in [0.4, 0.5) is 0 Å². The van der Waals surface area contributed by atoms with Crippen molar-refractivity contribution in [2.24, 2.45) is 0 Å². The average Bonchev–Trinajstić information content (AvgIpc) is 2.87. The van der Waals surface area contributed by atoms with Gasteiger partial charge in [0.2, 0.25) is 0 Å². The highest BCUT2D eigenvalue weighted by Crippen LogP contribution is 2.24. The van der Waals surface area contributed by atoms with E-state index in [4.69, 9.17) is 27.9 Å². The Morgan fingerprint density at radius 3 is 2.12 bits per heavy atom. The molecule has 0 atom stereocenters. The second-order valence-corrected chi connectivity index (χ2v) is 6.30. The van der Waals surface area contributed by atoms with Crippen molar-refractivity contribution >= 4 is 29.2 Å². The summed E-state index contributed by atoms with van der Waals surface area (Å²) in [7, 11) is 0. The molecule has 24 heavy (non-hydrogen) atoms. The first-order valence-corrected chi connectivity index (χ1v) is 8.14. The van der Waals surface area contributed by atoms with Gasteiger partial charge >= 0.3 is 5.97 Å². The van der Waals surface area contributed by atoms with Crippen molar-refractivity contribution in [3.63, 3.8) is 0 Å². The van der Waals surface area contributed by atoms with Gasteiger partial charge in [0.25, 0.3) is 0 Å².